The molecule has 33 heavy (non-hydrogen) atoms. The van der Waals surface area contributed by atoms with Crippen molar-refractivity contribution >= 4 is 23.1 Å². The molecule has 5 nitrogen and oxygen atoms in total. The fourth-order valence-electron chi connectivity index (χ4n) is 3.89. The Morgan fingerprint density at radius 3 is 2.33 bits per heavy atom. The van der Waals surface area contributed by atoms with Gasteiger partial charge in [0.15, 0.2) is 5.78 Å². The zero-order chi connectivity index (χ0) is 23.6. The summed E-state index contributed by atoms with van der Waals surface area (Å²) in [6, 6.07) is 17.9. The van der Waals surface area contributed by atoms with Crippen LogP contribution < -0.4 is 15.4 Å². The van der Waals surface area contributed by atoms with Crippen LogP contribution in [0, 0.1) is 5.82 Å². The van der Waals surface area contributed by atoms with Gasteiger partial charge >= 0.3 is 0 Å². The number of fused-ring (bicyclic) bond motifs is 1. The van der Waals surface area contributed by atoms with Gasteiger partial charge in [-0.3, -0.25) is 9.59 Å². The van der Waals surface area contributed by atoms with Crippen LogP contribution in [0.15, 0.2) is 72.8 Å². The maximum atomic E-state index is 13.0. The molecule has 2 N–H and O–H groups in total. The topological polar surface area (TPSA) is 67.4 Å². The highest BCUT2D eigenvalue weighted by Gasteiger charge is 2.28. The minimum atomic E-state index is -0.402. The van der Waals surface area contributed by atoms with E-state index in [1.54, 1.807) is 37.5 Å². The quantitative estimate of drug-likeness (QED) is 0.418. The molecule has 0 saturated carbocycles. The van der Waals surface area contributed by atoms with E-state index in [4.69, 9.17) is 4.74 Å². The maximum Gasteiger partial charge on any atom is 0.255 e. The van der Waals surface area contributed by atoms with Gasteiger partial charge in [-0.05, 0) is 86.5 Å². The van der Waals surface area contributed by atoms with Crippen molar-refractivity contribution in [1.29, 1.82) is 0 Å². The van der Waals surface area contributed by atoms with Crippen LogP contribution in [0.5, 0.6) is 5.75 Å². The summed E-state index contributed by atoms with van der Waals surface area (Å²) in [5.74, 6) is -0.175. The summed E-state index contributed by atoms with van der Waals surface area (Å²) in [7, 11) is 1.62. The lowest BCUT2D eigenvalue weighted by atomic mass is 9.85. The number of allylic oxidation sites excluding steroid dienone is 1. The Morgan fingerprint density at radius 1 is 1.00 bits per heavy atom. The van der Waals surface area contributed by atoms with Gasteiger partial charge in [0.2, 0.25) is 0 Å². The molecule has 0 aliphatic carbocycles. The van der Waals surface area contributed by atoms with E-state index in [0.29, 0.717) is 16.8 Å². The smallest absolute Gasteiger partial charge is 0.255 e. The third kappa shape index (κ3) is 5.12. The van der Waals surface area contributed by atoms with Crippen molar-refractivity contribution in [1.82, 2.24) is 5.32 Å². The Bertz CT molecular complexity index is 1230. The third-order valence-electron chi connectivity index (χ3n) is 5.52. The number of carbonyl (C=O) groups excluding carboxylic acids is 2. The monoisotopic (exact) mass is 444 g/mol. The Kier molecular flexibility index (Phi) is 6.01. The molecule has 0 unspecified atom stereocenters. The first-order valence-corrected chi connectivity index (χ1v) is 10.6. The molecule has 4 rings (SSSR count). The second kappa shape index (κ2) is 8.90. The van der Waals surface area contributed by atoms with E-state index in [-0.39, 0.29) is 17.2 Å². The highest BCUT2D eigenvalue weighted by atomic mass is 19.1. The molecule has 1 aliphatic rings. The highest BCUT2D eigenvalue weighted by molar-refractivity contribution is 6.09. The number of hydrogen-bond acceptors (Lipinski definition) is 4. The summed E-state index contributed by atoms with van der Waals surface area (Å²) < 4.78 is 18.4. The van der Waals surface area contributed by atoms with Gasteiger partial charge < -0.3 is 15.4 Å². The molecule has 0 fully saturated rings. The molecule has 1 aliphatic heterocycles. The van der Waals surface area contributed by atoms with Crippen molar-refractivity contribution in [2.75, 3.05) is 12.4 Å². The van der Waals surface area contributed by atoms with Crippen LogP contribution in [-0.2, 0) is 6.42 Å². The first-order chi connectivity index (χ1) is 15.7. The molecule has 0 aromatic heterocycles. The van der Waals surface area contributed by atoms with Crippen LogP contribution in [0.25, 0.3) is 5.70 Å². The fourth-order valence-corrected chi connectivity index (χ4v) is 3.89. The van der Waals surface area contributed by atoms with Gasteiger partial charge in [-0.15, -0.1) is 0 Å². The van der Waals surface area contributed by atoms with Crippen molar-refractivity contribution in [3.63, 3.8) is 0 Å². The molecule has 3 aromatic carbocycles. The number of ether oxygens (including phenoxy) is 1. The van der Waals surface area contributed by atoms with Gasteiger partial charge in [0.25, 0.3) is 5.91 Å². The standard InChI is InChI=1S/C27H25FN2O3/c1-27(2)16-19-8-13-22(33-3)14-23(19)24(30-27)15-25(31)17-6-11-21(12-7-17)29-26(32)18-4-9-20(28)10-5-18/h4-15,30H,16H2,1-3H3,(H,29,32)/b24-15-. The Labute approximate surface area is 192 Å². The van der Waals surface area contributed by atoms with Crippen LogP contribution >= 0.6 is 0 Å². The molecule has 168 valence electrons. The third-order valence-corrected chi connectivity index (χ3v) is 5.52. The van der Waals surface area contributed by atoms with E-state index in [0.717, 1.165) is 29.0 Å². The molecule has 0 saturated heterocycles. The number of anilines is 1. The van der Waals surface area contributed by atoms with Crippen LogP contribution in [0.1, 0.15) is 45.7 Å². The second-order valence-corrected chi connectivity index (χ2v) is 8.67. The lowest BCUT2D eigenvalue weighted by molar-refractivity contribution is 0.102. The van der Waals surface area contributed by atoms with Crippen molar-refractivity contribution in [3.05, 3.63) is 101 Å². The average Bonchev–Trinajstić information content (AvgIpc) is 2.79. The lowest BCUT2D eigenvalue weighted by Crippen LogP contribution is -2.43. The molecular formula is C27H25FN2O3. The fraction of sp³-hybridized carbons (Fsp3) is 0.185. The number of rotatable bonds is 5. The van der Waals surface area contributed by atoms with Gasteiger partial charge in [-0.25, -0.2) is 4.39 Å². The molecule has 1 heterocycles. The Morgan fingerprint density at radius 2 is 1.67 bits per heavy atom. The highest BCUT2D eigenvalue weighted by Crippen LogP contribution is 2.32. The summed E-state index contributed by atoms with van der Waals surface area (Å²) >= 11 is 0. The summed E-state index contributed by atoms with van der Waals surface area (Å²) in [6.45, 7) is 4.19. The van der Waals surface area contributed by atoms with Crippen LogP contribution in [0.3, 0.4) is 0 Å². The molecule has 0 spiro atoms. The number of hydrogen-bond donors (Lipinski definition) is 2. The van der Waals surface area contributed by atoms with E-state index in [9.17, 15) is 14.0 Å². The van der Waals surface area contributed by atoms with E-state index < -0.39 is 5.82 Å². The summed E-state index contributed by atoms with van der Waals surface area (Å²) in [5.41, 5.74) is 4.04. The maximum absolute atomic E-state index is 13.0. The van der Waals surface area contributed by atoms with Gasteiger partial charge in [0.05, 0.1) is 7.11 Å². The molecular weight excluding hydrogens is 419 g/mol. The first-order valence-electron chi connectivity index (χ1n) is 10.6. The molecule has 3 aromatic rings. The van der Waals surface area contributed by atoms with Crippen LogP contribution in [0.4, 0.5) is 10.1 Å². The average molecular weight is 445 g/mol. The zero-order valence-electron chi connectivity index (χ0n) is 18.7. The minimum Gasteiger partial charge on any atom is -0.497 e. The number of halogens is 1. The first kappa shape index (κ1) is 22.3. The predicted octanol–water partition coefficient (Wildman–Crippen LogP) is 5.23. The van der Waals surface area contributed by atoms with Crippen molar-refractivity contribution in [3.8, 4) is 5.75 Å². The van der Waals surface area contributed by atoms with Crippen molar-refractivity contribution in [2.45, 2.75) is 25.8 Å². The number of carbonyl (C=O) groups is 2. The van der Waals surface area contributed by atoms with Crippen molar-refractivity contribution < 1.29 is 18.7 Å². The van der Waals surface area contributed by atoms with Crippen LogP contribution in [-0.4, -0.2) is 24.3 Å². The Balaban J connectivity index is 1.54. The van der Waals surface area contributed by atoms with Gasteiger partial charge in [0.1, 0.15) is 11.6 Å². The summed E-state index contributed by atoms with van der Waals surface area (Å²) in [6.07, 6.45) is 2.44. The van der Waals surface area contributed by atoms with E-state index in [1.807, 2.05) is 18.2 Å². The zero-order valence-corrected chi connectivity index (χ0v) is 18.7. The molecule has 6 heteroatoms. The number of ketones is 1. The second-order valence-electron chi connectivity index (χ2n) is 8.67. The van der Waals surface area contributed by atoms with E-state index in [1.165, 1.54) is 24.3 Å². The van der Waals surface area contributed by atoms with E-state index >= 15 is 0 Å². The van der Waals surface area contributed by atoms with Crippen molar-refractivity contribution in [2.24, 2.45) is 0 Å². The lowest BCUT2D eigenvalue weighted by Gasteiger charge is -2.35. The number of benzene rings is 3. The molecule has 0 bridgehead atoms. The Hall–Kier alpha value is -3.93. The minimum absolute atomic E-state index is 0.152. The number of nitrogens with one attached hydrogen (secondary N) is 2. The molecule has 0 radical (unpaired) electrons. The largest absolute Gasteiger partial charge is 0.497 e. The van der Waals surface area contributed by atoms with Gasteiger partial charge in [0, 0.05) is 39.7 Å². The van der Waals surface area contributed by atoms with Gasteiger partial charge in [-0.1, -0.05) is 6.07 Å². The van der Waals surface area contributed by atoms with E-state index in [2.05, 4.69) is 24.5 Å². The summed E-state index contributed by atoms with van der Waals surface area (Å²) in [4.78, 5) is 25.3. The molecule has 0 atom stereocenters. The SMILES string of the molecule is COc1ccc2c(c1)/C(=C/C(=O)c1ccc(NC(=O)c3ccc(F)cc3)cc1)NC(C)(C)C2. The number of methoxy groups -OCH3 is 1. The predicted molar refractivity (Wildman–Crippen MR) is 127 cm³/mol. The molecule has 1 amide bonds. The summed E-state index contributed by atoms with van der Waals surface area (Å²) in [5, 5.41) is 6.21. The van der Waals surface area contributed by atoms with Crippen LogP contribution in [0.2, 0.25) is 0 Å². The normalized spacial score (nSPS) is 15.3. The number of amides is 1. The van der Waals surface area contributed by atoms with Gasteiger partial charge in [-0.2, -0.15) is 0 Å².